The Balaban J connectivity index is 2.62. The largest absolute Gasteiger partial charge is 0.409 e. The second-order valence-electron chi connectivity index (χ2n) is 3.71. The first-order valence-corrected chi connectivity index (χ1v) is 5.10. The number of aryl methyl sites for hydroxylation is 2. The average molecular weight is 231 g/mol. The van der Waals surface area contributed by atoms with Gasteiger partial charge in [-0.3, -0.25) is 0 Å². The Labute approximate surface area is 98.4 Å². The summed E-state index contributed by atoms with van der Waals surface area (Å²) in [5.41, 5.74) is 7.86. The molecule has 88 valence electrons. The highest BCUT2D eigenvalue weighted by Gasteiger charge is 2.11. The normalized spacial score (nSPS) is 11.8. The van der Waals surface area contributed by atoms with Crippen molar-refractivity contribution < 1.29 is 5.21 Å². The highest BCUT2D eigenvalue weighted by Crippen LogP contribution is 2.12. The van der Waals surface area contributed by atoms with Crippen LogP contribution in [0.2, 0.25) is 0 Å². The molecule has 2 rings (SSSR count). The highest BCUT2D eigenvalue weighted by molar-refractivity contribution is 5.99. The van der Waals surface area contributed by atoms with E-state index in [0.29, 0.717) is 11.4 Å². The number of aromatic nitrogens is 3. The number of hydrogen-bond acceptors (Lipinski definition) is 4. The zero-order valence-corrected chi connectivity index (χ0v) is 9.62. The van der Waals surface area contributed by atoms with Crippen molar-refractivity contribution in [2.24, 2.45) is 10.9 Å². The van der Waals surface area contributed by atoms with E-state index in [-0.39, 0.29) is 5.84 Å². The summed E-state index contributed by atoms with van der Waals surface area (Å²) in [4.78, 5) is 4.35. The van der Waals surface area contributed by atoms with Gasteiger partial charge in [-0.05, 0) is 32.0 Å². The van der Waals surface area contributed by atoms with Gasteiger partial charge in [0.15, 0.2) is 11.7 Å². The zero-order chi connectivity index (χ0) is 12.4. The Morgan fingerprint density at radius 2 is 2.06 bits per heavy atom. The van der Waals surface area contributed by atoms with E-state index in [1.165, 1.54) is 0 Å². The van der Waals surface area contributed by atoms with E-state index in [1.807, 2.05) is 19.9 Å². The molecule has 0 saturated heterocycles. The van der Waals surface area contributed by atoms with Crippen molar-refractivity contribution >= 4 is 5.84 Å². The van der Waals surface area contributed by atoms with Crippen LogP contribution in [0.15, 0.2) is 29.6 Å². The molecular weight excluding hydrogens is 218 g/mol. The zero-order valence-electron chi connectivity index (χ0n) is 9.62. The Kier molecular flexibility index (Phi) is 2.78. The maximum atomic E-state index is 8.74. The molecule has 0 aliphatic carbocycles. The summed E-state index contributed by atoms with van der Waals surface area (Å²) < 4.78 is 1.61. The van der Waals surface area contributed by atoms with E-state index >= 15 is 0 Å². The smallest absolute Gasteiger partial charge is 0.173 e. The molecule has 0 fully saturated rings. The van der Waals surface area contributed by atoms with Crippen LogP contribution in [0.25, 0.3) is 5.82 Å². The van der Waals surface area contributed by atoms with Gasteiger partial charge in [0.1, 0.15) is 0 Å². The van der Waals surface area contributed by atoms with Gasteiger partial charge >= 0.3 is 0 Å². The van der Waals surface area contributed by atoms with Crippen LogP contribution < -0.4 is 5.73 Å². The lowest BCUT2D eigenvalue weighted by molar-refractivity contribution is 0.318. The van der Waals surface area contributed by atoms with Gasteiger partial charge in [0.25, 0.3) is 0 Å². The minimum atomic E-state index is 0.0145. The Hall–Kier alpha value is -2.37. The molecule has 0 aliphatic heterocycles. The number of rotatable bonds is 2. The van der Waals surface area contributed by atoms with E-state index in [1.54, 1.807) is 23.0 Å². The molecule has 2 aromatic rings. The first-order chi connectivity index (χ1) is 8.11. The summed E-state index contributed by atoms with van der Waals surface area (Å²) in [5, 5.41) is 16.0. The van der Waals surface area contributed by atoms with E-state index in [9.17, 15) is 0 Å². The fourth-order valence-electron chi connectivity index (χ4n) is 1.50. The van der Waals surface area contributed by atoms with E-state index in [2.05, 4.69) is 15.2 Å². The molecule has 17 heavy (non-hydrogen) atoms. The third-order valence-electron chi connectivity index (χ3n) is 2.34. The SMILES string of the molecule is Cc1ccc(/C(N)=N/O)c(-n2ccc(C)n2)n1. The Morgan fingerprint density at radius 1 is 1.29 bits per heavy atom. The molecule has 0 aliphatic rings. The van der Waals surface area contributed by atoms with Crippen molar-refractivity contribution in [1.82, 2.24) is 14.8 Å². The van der Waals surface area contributed by atoms with Crippen LogP contribution in [0, 0.1) is 13.8 Å². The summed E-state index contributed by atoms with van der Waals surface area (Å²) in [5.74, 6) is 0.564. The van der Waals surface area contributed by atoms with Gasteiger partial charge in [-0.1, -0.05) is 5.16 Å². The molecule has 6 nitrogen and oxygen atoms in total. The van der Waals surface area contributed by atoms with E-state index in [0.717, 1.165) is 11.4 Å². The number of hydrogen-bond donors (Lipinski definition) is 2. The van der Waals surface area contributed by atoms with E-state index in [4.69, 9.17) is 10.9 Å². The lowest BCUT2D eigenvalue weighted by Gasteiger charge is -2.08. The van der Waals surface area contributed by atoms with Gasteiger partial charge in [-0.25, -0.2) is 9.67 Å². The lowest BCUT2D eigenvalue weighted by atomic mass is 10.2. The van der Waals surface area contributed by atoms with Crippen molar-refractivity contribution in [2.45, 2.75) is 13.8 Å². The molecule has 0 unspecified atom stereocenters. The first-order valence-electron chi connectivity index (χ1n) is 5.10. The molecule has 2 heterocycles. The van der Waals surface area contributed by atoms with E-state index < -0.39 is 0 Å². The lowest BCUT2D eigenvalue weighted by Crippen LogP contribution is -2.18. The maximum Gasteiger partial charge on any atom is 0.173 e. The van der Waals surface area contributed by atoms with Crippen LogP contribution in [0.4, 0.5) is 0 Å². The average Bonchev–Trinajstić information content (AvgIpc) is 2.75. The predicted molar refractivity (Wildman–Crippen MR) is 63.3 cm³/mol. The number of nitrogens with zero attached hydrogens (tertiary/aromatic N) is 4. The van der Waals surface area contributed by atoms with Crippen LogP contribution in [0.5, 0.6) is 0 Å². The molecule has 6 heteroatoms. The van der Waals surface area contributed by atoms with Crippen molar-refractivity contribution in [1.29, 1.82) is 0 Å². The van der Waals surface area contributed by atoms with Crippen molar-refractivity contribution in [3.8, 4) is 5.82 Å². The molecular formula is C11H13N5O. The van der Waals surface area contributed by atoms with Gasteiger partial charge < -0.3 is 10.9 Å². The molecule has 3 N–H and O–H groups in total. The Morgan fingerprint density at radius 3 is 2.65 bits per heavy atom. The molecule has 0 bridgehead atoms. The Bertz CT molecular complexity index is 573. The van der Waals surface area contributed by atoms with Crippen LogP contribution >= 0.6 is 0 Å². The fraction of sp³-hybridized carbons (Fsp3) is 0.182. The summed E-state index contributed by atoms with van der Waals surface area (Å²) in [6.45, 7) is 3.76. The van der Waals surface area contributed by atoms with Crippen molar-refractivity contribution in [3.05, 3.63) is 41.3 Å². The van der Waals surface area contributed by atoms with Crippen LogP contribution in [-0.4, -0.2) is 25.8 Å². The minimum Gasteiger partial charge on any atom is -0.409 e. The molecule has 0 aromatic carbocycles. The van der Waals surface area contributed by atoms with Crippen LogP contribution in [-0.2, 0) is 0 Å². The predicted octanol–water partition coefficient (Wildman–Crippen LogP) is 0.979. The maximum absolute atomic E-state index is 8.74. The number of nitrogens with two attached hydrogens (primary N) is 1. The molecule has 0 spiro atoms. The van der Waals surface area contributed by atoms with Gasteiger partial charge in [0.05, 0.1) is 11.3 Å². The molecule has 0 atom stereocenters. The van der Waals surface area contributed by atoms with Gasteiger partial charge in [-0.2, -0.15) is 5.10 Å². The summed E-state index contributed by atoms with van der Waals surface area (Å²) in [6.07, 6.45) is 1.78. The number of pyridine rings is 1. The minimum absolute atomic E-state index is 0.0145. The first kappa shape index (κ1) is 11.1. The summed E-state index contributed by atoms with van der Waals surface area (Å²) >= 11 is 0. The third-order valence-corrected chi connectivity index (χ3v) is 2.34. The number of amidine groups is 1. The van der Waals surface area contributed by atoms with Crippen LogP contribution in [0.3, 0.4) is 0 Å². The summed E-state index contributed by atoms with van der Waals surface area (Å²) in [7, 11) is 0. The van der Waals surface area contributed by atoms with Crippen molar-refractivity contribution in [3.63, 3.8) is 0 Å². The second kappa shape index (κ2) is 4.25. The van der Waals surface area contributed by atoms with Crippen molar-refractivity contribution in [2.75, 3.05) is 0 Å². The number of oxime groups is 1. The molecule has 0 radical (unpaired) electrons. The van der Waals surface area contributed by atoms with Gasteiger partial charge in [0, 0.05) is 11.9 Å². The monoisotopic (exact) mass is 231 g/mol. The third kappa shape index (κ3) is 2.10. The summed E-state index contributed by atoms with van der Waals surface area (Å²) in [6, 6.07) is 5.41. The molecule has 0 amide bonds. The quantitative estimate of drug-likeness (QED) is 0.349. The second-order valence-corrected chi connectivity index (χ2v) is 3.71. The highest BCUT2D eigenvalue weighted by atomic mass is 16.4. The van der Waals surface area contributed by atoms with Gasteiger partial charge in [-0.15, -0.1) is 0 Å². The standard InChI is InChI=1S/C11H13N5O/c1-7-3-4-9(10(12)15-17)11(13-7)16-6-5-8(2)14-16/h3-6,17H,1-2H3,(H2,12,15). The van der Waals surface area contributed by atoms with Crippen LogP contribution in [0.1, 0.15) is 17.0 Å². The van der Waals surface area contributed by atoms with Gasteiger partial charge in [0.2, 0.25) is 0 Å². The fourth-order valence-corrected chi connectivity index (χ4v) is 1.50. The molecule has 0 saturated carbocycles. The molecule has 2 aromatic heterocycles. The topological polar surface area (TPSA) is 89.3 Å².